The van der Waals surface area contributed by atoms with Crippen LogP contribution < -0.4 is 4.72 Å². The Bertz CT molecular complexity index is 528. The first-order valence-electron chi connectivity index (χ1n) is 5.84. The third kappa shape index (κ3) is 4.07. The van der Waals surface area contributed by atoms with E-state index < -0.39 is 15.6 Å². The third-order valence-electron chi connectivity index (χ3n) is 3.01. The summed E-state index contributed by atoms with van der Waals surface area (Å²) in [5, 5.41) is 9.17. The van der Waals surface area contributed by atoms with Crippen LogP contribution in [0.5, 0.6) is 0 Å². The molecule has 0 saturated carbocycles. The van der Waals surface area contributed by atoms with Crippen molar-refractivity contribution in [1.82, 2.24) is 4.72 Å². The molecule has 0 aromatic heterocycles. The lowest BCUT2D eigenvalue weighted by Gasteiger charge is -2.28. The highest BCUT2D eigenvalue weighted by molar-refractivity contribution is 7.89. The van der Waals surface area contributed by atoms with Crippen molar-refractivity contribution in [2.24, 2.45) is 0 Å². The van der Waals surface area contributed by atoms with Crippen molar-refractivity contribution >= 4 is 33.2 Å². The SMILES string of the molecule is CCC(C)(CCO)NS(=O)(=O)c1c(Cl)cccc1Cl. The minimum Gasteiger partial charge on any atom is -0.396 e. The molecule has 0 amide bonds. The molecular weight excluding hydrogens is 309 g/mol. The highest BCUT2D eigenvalue weighted by atomic mass is 35.5. The summed E-state index contributed by atoms with van der Waals surface area (Å²) in [6.45, 7) is 3.46. The van der Waals surface area contributed by atoms with E-state index in [2.05, 4.69) is 4.72 Å². The van der Waals surface area contributed by atoms with Crippen molar-refractivity contribution in [3.8, 4) is 0 Å². The predicted molar refractivity (Wildman–Crippen MR) is 77.2 cm³/mol. The Kier molecular flexibility index (Phi) is 5.65. The first kappa shape index (κ1) is 16.7. The quantitative estimate of drug-likeness (QED) is 0.845. The minimum absolute atomic E-state index is 0.0717. The van der Waals surface area contributed by atoms with Gasteiger partial charge in [0.2, 0.25) is 10.0 Å². The third-order valence-corrected chi connectivity index (χ3v) is 5.61. The van der Waals surface area contributed by atoms with Crippen LogP contribution in [-0.4, -0.2) is 25.7 Å². The molecular formula is C12H17Cl2NO3S. The summed E-state index contributed by atoms with van der Waals surface area (Å²) in [7, 11) is -3.84. The number of aliphatic hydroxyl groups is 1. The zero-order valence-corrected chi connectivity index (χ0v) is 13.1. The van der Waals surface area contributed by atoms with Gasteiger partial charge in [0.1, 0.15) is 4.90 Å². The van der Waals surface area contributed by atoms with Gasteiger partial charge in [0.25, 0.3) is 0 Å². The Morgan fingerprint density at radius 1 is 1.32 bits per heavy atom. The molecule has 0 fully saturated rings. The number of aliphatic hydroxyl groups excluding tert-OH is 1. The van der Waals surface area contributed by atoms with Crippen LogP contribution in [0, 0.1) is 0 Å². The lowest BCUT2D eigenvalue weighted by atomic mass is 9.97. The molecule has 19 heavy (non-hydrogen) atoms. The van der Waals surface area contributed by atoms with Gasteiger partial charge in [0.15, 0.2) is 0 Å². The highest BCUT2D eigenvalue weighted by Gasteiger charge is 2.31. The van der Waals surface area contributed by atoms with Crippen molar-refractivity contribution < 1.29 is 13.5 Å². The Morgan fingerprint density at radius 3 is 2.26 bits per heavy atom. The van der Waals surface area contributed by atoms with Crippen molar-refractivity contribution in [2.75, 3.05) is 6.61 Å². The van der Waals surface area contributed by atoms with Gasteiger partial charge < -0.3 is 5.11 Å². The summed E-state index contributed by atoms with van der Waals surface area (Å²) >= 11 is 11.8. The highest BCUT2D eigenvalue weighted by Crippen LogP contribution is 2.30. The van der Waals surface area contributed by atoms with Crippen molar-refractivity contribution in [3.63, 3.8) is 0 Å². The van der Waals surface area contributed by atoms with Crippen LogP contribution >= 0.6 is 23.2 Å². The number of sulfonamides is 1. The molecule has 0 aliphatic heterocycles. The van der Waals surface area contributed by atoms with Crippen molar-refractivity contribution in [1.29, 1.82) is 0 Å². The number of rotatable bonds is 6. The summed E-state index contributed by atoms with van der Waals surface area (Å²) in [5.74, 6) is 0. The zero-order chi connectivity index (χ0) is 14.7. The summed E-state index contributed by atoms with van der Waals surface area (Å²) in [4.78, 5) is -0.129. The second-order valence-corrected chi connectivity index (χ2v) is 6.98. The van der Waals surface area contributed by atoms with Gasteiger partial charge in [-0.05, 0) is 31.9 Å². The number of nitrogens with one attached hydrogen (secondary N) is 1. The first-order valence-corrected chi connectivity index (χ1v) is 8.08. The fraction of sp³-hybridized carbons (Fsp3) is 0.500. The van der Waals surface area contributed by atoms with Gasteiger partial charge in [-0.15, -0.1) is 0 Å². The molecule has 1 aromatic carbocycles. The van der Waals surface area contributed by atoms with Crippen LogP contribution in [0.3, 0.4) is 0 Å². The van der Waals surface area contributed by atoms with Crippen LogP contribution in [0.25, 0.3) is 0 Å². The average Bonchev–Trinajstić information content (AvgIpc) is 2.27. The van der Waals surface area contributed by atoms with E-state index in [9.17, 15) is 8.42 Å². The van der Waals surface area contributed by atoms with E-state index in [-0.39, 0.29) is 21.5 Å². The Hall–Kier alpha value is -0.330. The summed E-state index contributed by atoms with van der Waals surface area (Å²) in [6.07, 6.45) is 0.847. The van der Waals surface area contributed by atoms with Gasteiger partial charge in [-0.3, -0.25) is 0 Å². The van der Waals surface area contributed by atoms with Gasteiger partial charge >= 0.3 is 0 Å². The molecule has 0 heterocycles. The molecule has 1 aromatic rings. The van der Waals surface area contributed by atoms with Gasteiger partial charge in [0, 0.05) is 12.1 Å². The van der Waals surface area contributed by atoms with Crippen LogP contribution in [0.1, 0.15) is 26.7 Å². The van der Waals surface area contributed by atoms with E-state index in [1.54, 1.807) is 13.0 Å². The summed E-state index contributed by atoms with van der Waals surface area (Å²) in [5.41, 5.74) is -0.740. The van der Waals surface area contributed by atoms with E-state index in [0.29, 0.717) is 12.8 Å². The molecule has 4 nitrogen and oxygen atoms in total. The second kappa shape index (κ2) is 6.41. The minimum atomic E-state index is -3.84. The average molecular weight is 326 g/mol. The van der Waals surface area contributed by atoms with E-state index in [4.69, 9.17) is 28.3 Å². The topological polar surface area (TPSA) is 66.4 Å². The maximum absolute atomic E-state index is 12.4. The summed E-state index contributed by atoms with van der Waals surface area (Å²) in [6, 6.07) is 4.52. The van der Waals surface area contributed by atoms with Gasteiger partial charge in [-0.1, -0.05) is 36.2 Å². The van der Waals surface area contributed by atoms with Crippen LogP contribution in [-0.2, 0) is 10.0 Å². The largest absolute Gasteiger partial charge is 0.396 e. The normalized spacial score (nSPS) is 15.2. The monoisotopic (exact) mass is 325 g/mol. The number of hydrogen-bond donors (Lipinski definition) is 2. The number of hydrogen-bond acceptors (Lipinski definition) is 3. The first-order chi connectivity index (χ1) is 8.75. The second-order valence-electron chi connectivity index (χ2n) is 4.54. The molecule has 7 heteroatoms. The van der Waals surface area contributed by atoms with Crippen LogP contribution in [0.4, 0.5) is 0 Å². The van der Waals surface area contributed by atoms with Gasteiger partial charge in [-0.25, -0.2) is 13.1 Å². The number of halogens is 2. The lowest BCUT2D eigenvalue weighted by Crippen LogP contribution is -2.46. The van der Waals surface area contributed by atoms with Crippen LogP contribution in [0.15, 0.2) is 23.1 Å². The molecule has 0 aliphatic rings. The smallest absolute Gasteiger partial charge is 0.244 e. The maximum atomic E-state index is 12.4. The van der Waals surface area contributed by atoms with E-state index in [0.717, 1.165) is 0 Å². The Labute approximate surface area is 123 Å². The summed E-state index contributed by atoms with van der Waals surface area (Å²) < 4.78 is 27.3. The molecule has 108 valence electrons. The van der Waals surface area contributed by atoms with E-state index in [1.807, 2.05) is 6.92 Å². The van der Waals surface area contributed by atoms with Crippen molar-refractivity contribution in [2.45, 2.75) is 37.1 Å². The zero-order valence-electron chi connectivity index (χ0n) is 10.8. The molecule has 0 radical (unpaired) electrons. The molecule has 0 bridgehead atoms. The van der Waals surface area contributed by atoms with Crippen molar-refractivity contribution in [3.05, 3.63) is 28.2 Å². The van der Waals surface area contributed by atoms with Crippen LogP contribution in [0.2, 0.25) is 10.0 Å². The van der Waals surface area contributed by atoms with E-state index in [1.165, 1.54) is 12.1 Å². The standard InChI is InChI=1S/C12H17Cl2NO3S/c1-3-12(2,7-8-16)15-19(17,18)11-9(13)5-4-6-10(11)14/h4-6,15-16H,3,7-8H2,1-2H3. The Balaban J connectivity index is 3.18. The molecule has 0 aliphatic carbocycles. The molecule has 1 unspecified atom stereocenters. The van der Waals surface area contributed by atoms with Gasteiger partial charge in [0.05, 0.1) is 10.0 Å². The molecule has 0 saturated heterocycles. The molecule has 0 spiro atoms. The number of benzene rings is 1. The van der Waals surface area contributed by atoms with Gasteiger partial charge in [-0.2, -0.15) is 0 Å². The molecule has 2 N–H and O–H groups in total. The molecule has 1 atom stereocenters. The predicted octanol–water partition coefficient (Wildman–Crippen LogP) is 2.82. The molecule has 1 rings (SSSR count). The Morgan fingerprint density at radius 2 is 1.84 bits per heavy atom. The fourth-order valence-corrected chi connectivity index (χ4v) is 4.32. The van der Waals surface area contributed by atoms with E-state index >= 15 is 0 Å². The fourth-order valence-electron chi connectivity index (χ4n) is 1.66. The lowest BCUT2D eigenvalue weighted by molar-refractivity contribution is 0.233. The maximum Gasteiger partial charge on any atom is 0.244 e.